The number of ether oxygens (including phenoxy) is 1. The summed E-state index contributed by atoms with van der Waals surface area (Å²) in [6, 6.07) is 10.5. The predicted octanol–water partition coefficient (Wildman–Crippen LogP) is 5.26. The van der Waals surface area contributed by atoms with E-state index in [9.17, 15) is 18.3 Å². The summed E-state index contributed by atoms with van der Waals surface area (Å²) in [5, 5.41) is 15.5. The number of nitrogens with zero attached hydrogens (tertiary/aromatic N) is 3. The van der Waals surface area contributed by atoms with Crippen molar-refractivity contribution < 1.29 is 23.0 Å². The maximum atomic E-state index is 12.5. The Morgan fingerprint density at radius 2 is 1.88 bits per heavy atom. The van der Waals surface area contributed by atoms with Gasteiger partial charge in [-0.1, -0.05) is 31.5 Å². The number of aromatic nitrogens is 3. The van der Waals surface area contributed by atoms with Gasteiger partial charge in [-0.05, 0) is 36.2 Å². The van der Waals surface area contributed by atoms with Crippen molar-refractivity contribution in [3.05, 3.63) is 53.7 Å². The number of alkyl halides is 3. The highest BCUT2D eigenvalue weighted by atomic mass is 35.5. The minimum atomic E-state index is -4.84. The van der Waals surface area contributed by atoms with Crippen LogP contribution in [-0.2, 0) is 0 Å². The minimum absolute atomic E-state index is 0.110. The van der Waals surface area contributed by atoms with Gasteiger partial charge in [-0.3, -0.25) is 4.98 Å². The van der Waals surface area contributed by atoms with Gasteiger partial charge in [0, 0.05) is 18.0 Å². The van der Waals surface area contributed by atoms with E-state index in [1.54, 1.807) is 24.4 Å². The van der Waals surface area contributed by atoms with E-state index < -0.39 is 12.1 Å². The van der Waals surface area contributed by atoms with Crippen molar-refractivity contribution in [1.82, 2.24) is 15.0 Å². The number of aliphatic hydroxyl groups is 1. The fourth-order valence-corrected chi connectivity index (χ4v) is 2.96. The van der Waals surface area contributed by atoms with Gasteiger partial charge in [-0.15, -0.1) is 13.2 Å². The largest absolute Gasteiger partial charge is 0.573 e. The zero-order chi connectivity index (χ0) is 23.3. The first-order valence-electron chi connectivity index (χ1n) is 9.65. The van der Waals surface area contributed by atoms with E-state index in [0.717, 1.165) is 6.07 Å². The summed E-state index contributed by atoms with van der Waals surface area (Å²) in [4.78, 5) is 13.2. The molecule has 2 heterocycles. The average molecular weight is 468 g/mol. The molecule has 0 aliphatic rings. The lowest BCUT2D eigenvalue weighted by molar-refractivity contribution is -0.274. The number of aliphatic hydroxyl groups excluding tert-OH is 1. The molecule has 3 rings (SSSR count). The summed E-state index contributed by atoms with van der Waals surface area (Å²) in [5.74, 6) is 0.209. The highest BCUT2D eigenvalue weighted by Crippen LogP contribution is 2.33. The van der Waals surface area contributed by atoms with Crippen molar-refractivity contribution in [1.29, 1.82) is 0 Å². The number of nitrogens with one attached hydrogen (secondary N) is 2. The maximum Gasteiger partial charge on any atom is 0.573 e. The smallest absolute Gasteiger partial charge is 0.404 e. The molecule has 0 saturated heterocycles. The molecular weight excluding hydrogens is 447 g/mol. The van der Waals surface area contributed by atoms with Gasteiger partial charge in [0.1, 0.15) is 11.6 Å². The highest BCUT2D eigenvalue weighted by molar-refractivity contribution is 6.32. The molecule has 0 radical (unpaired) electrons. The first-order valence-corrected chi connectivity index (χ1v) is 10.0. The third-order valence-electron chi connectivity index (χ3n) is 4.40. The standard InChI is InChI=1S/C21H21ClF3N5O2/c1-12(2)17(11-31)29-20-28-16(15-5-3-4-8-26-15)10-19(30-20)27-13-6-7-18(14(22)9-13)32-21(23,24)25/h3-10,12,17,31H,11H2,1-2H3,(H2,27,28,29,30)/t17-/m1/s1. The molecule has 0 fully saturated rings. The number of rotatable bonds is 8. The Labute approximate surface area is 187 Å². The lowest BCUT2D eigenvalue weighted by atomic mass is 10.1. The fourth-order valence-electron chi connectivity index (χ4n) is 2.74. The molecule has 2 aromatic heterocycles. The molecule has 0 spiro atoms. The van der Waals surface area contributed by atoms with Crippen LogP contribution in [0.5, 0.6) is 5.75 Å². The quantitative estimate of drug-likeness (QED) is 0.416. The van der Waals surface area contributed by atoms with E-state index in [1.807, 2.05) is 19.9 Å². The molecule has 0 aliphatic carbocycles. The molecule has 0 amide bonds. The van der Waals surface area contributed by atoms with Crippen LogP contribution in [0, 0.1) is 5.92 Å². The summed E-state index contributed by atoms with van der Waals surface area (Å²) >= 11 is 5.93. The molecule has 11 heteroatoms. The van der Waals surface area contributed by atoms with Crippen molar-refractivity contribution in [3.63, 3.8) is 0 Å². The maximum absolute atomic E-state index is 12.5. The molecule has 1 atom stereocenters. The summed E-state index contributed by atoms with van der Waals surface area (Å²) in [7, 11) is 0. The van der Waals surface area contributed by atoms with Crippen molar-refractivity contribution in [2.24, 2.45) is 5.92 Å². The molecule has 3 aromatic rings. The molecule has 0 aliphatic heterocycles. The Morgan fingerprint density at radius 1 is 1.09 bits per heavy atom. The van der Waals surface area contributed by atoms with Gasteiger partial charge in [0.2, 0.25) is 5.95 Å². The Bertz CT molecular complexity index is 1050. The van der Waals surface area contributed by atoms with Crippen molar-refractivity contribution in [2.75, 3.05) is 17.2 Å². The van der Waals surface area contributed by atoms with Gasteiger partial charge in [-0.25, -0.2) is 4.98 Å². The highest BCUT2D eigenvalue weighted by Gasteiger charge is 2.32. The van der Waals surface area contributed by atoms with Crippen LogP contribution in [-0.4, -0.2) is 39.1 Å². The molecule has 170 valence electrons. The summed E-state index contributed by atoms with van der Waals surface area (Å²) < 4.78 is 41.3. The molecule has 0 bridgehead atoms. The molecule has 0 saturated carbocycles. The monoisotopic (exact) mass is 467 g/mol. The van der Waals surface area contributed by atoms with Crippen molar-refractivity contribution in [2.45, 2.75) is 26.3 Å². The summed E-state index contributed by atoms with van der Waals surface area (Å²) in [6.07, 6.45) is -3.22. The number of halogens is 4. The molecule has 3 N–H and O–H groups in total. The SMILES string of the molecule is CC(C)[C@@H](CO)Nc1nc(Nc2ccc(OC(F)(F)F)c(Cl)c2)cc(-c2ccccn2)n1. The van der Waals surface area contributed by atoms with E-state index in [4.69, 9.17) is 11.6 Å². The van der Waals surface area contributed by atoms with Crippen LogP contribution in [0.15, 0.2) is 48.7 Å². The van der Waals surface area contributed by atoms with Crippen molar-refractivity contribution >= 4 is 29.1 Å². The van der Waals surface area contributed by atoms with Crippen LogP contribution in [0.4, 0.5) is 30.6 Å². The molecule has 0 unspecified atom stereocenters. The Hall–Kier alpha value is -3.11. The number of benzene rings is 1. The number of hydrogen-bond acceptors (Lipinski definition) is 7. The van der Waals surface area contributed by atoms with E-state index in [1.165, 1.54) is 12.1 Å². The second kappa shape index (κ2) is 10.0. The van der Waals surface area contributed by atoms with Crippen LogP contribution in [0.3, 0.4) is 0 Å². The number of anilines is 3. The van der Waals surface area contributed by atoms with E-state index in [-0.39, 0.29) is 29.5 Å². The second-order valence-electron chi connectivity index (χ2n) is 7.17. The number of hydrogen-bond donors (Lipinski definition) is 3. The Morgan fingerprint density at radius 3 is 2.47 bits per heavy atom. The lowest BCUT2D eigenvalue weighted by Gasteiger charge is -2.20. The molecule has 1 aromatic carbocycles. The van der Waals surface area contributed by atoms with Crippen LogP contribution in [0.1, 0.15) is 13.8 Å². The average Bonchev–Trinajstić information content (AvgIpc) is 2.73. The van der Waals surface area contributed by atoms with Gasteiger partial charge in [-0.2, -0.15) is 4.98 Å². The molecule has 32 heavy (non-hydrogen) atoms. The zero-order valence-electron chi connectivity index (χ0n) is 17.2. The minimum Gasteiger partial charge on any atom is -0.404 e. The van der Waals surface area contributed by atoms with Crippen molar-refractivity contribution in [3.8, 4) is 17.1 Å². The topological polar surface area (TPSA) is 92.2 Å². The normalized spacial score (nSPS) is 12.5. The van der Waals surface area contributed by atoms with Crippen LogP contribution in [0.2, 0.25) is 5.02 Å². The summed E-state index contributed by atoms with van der Waals surface area (Å²) in [5.41, 5.74) is 1.50. The van der Waals surface area contributed by atoms with Gasteiger partial charge in [0.15, 0.2) is 0 Å². The first-order chi connectivity index (χ1) is 15.1. The van der Waals surface area contributed by atoms with Gasteiger partial charge in [0.25, 0.3) is 0 Å². The fraction of sp³-hybridized carbons (Fsp3) is 0.286. The van der Waals surface area contributed by atoms with E-state index >= 15 is 0 Å². The van der Waals surface area contributed by atoms with Crippen LogP contribution < -0.4 is 15.4 Å². The lowest BCUT2D eigenvalue weighted by Crippen LogP contribution is -2.30. The Balaban J connectivity index is 1.93. The number of pyridine rings is 1. The molecular formula is C21H21ClF3N5O2. The van der Waals surface area contributed by atoms with Crippen LogP contribution in [0.25, 0.3) is 11.4 Å². The Kier molecular flexibility index (Phi) is 7.37. The third-order valence-corrected chi connectivity index (χ3v) is 4.69. The predicted molar refractivity (Wildman–Crippen MR) is 116 cm³/mol. The third kappa shape index (κ3) is 6.44. The van der Waals surface area contributed by atoms with E-state index in [0.29, 0.717) is 22.9 Å². The first kappa shape index (κ1) is 23.6. The van der Waals surface area contributed by atoms with Gasteiger partial charge >= 0.3 is 6.36 Å². The molecule has 7 nitrogen and oxygen atoms in total. The van der Waals surface area contributed by atoms with E-state index in [2.05, 4.69) is 30.3 Å². The van der Waals surface area contributed by atoms with Gasteiger partial charge in [0.05, 0.1) is 29.1 Å². The second-order valence-corrected chi connectivity index (χ2v) is 7.58. The zero-order valence-corrected chi connectivity index (χ0v) is 17.9. The summed E-state index contributed by atoms with van der Waals surface area (Å²) in [6.45, 7) is 3.78. The van der Waals surface area contributed by atoms with Crippen LogP contribution >= 0.6 is 11.6 Å². The van der Waals surface area contributed by atoms with Gasteiger partial charge < -0.3 is 20.5 Å².